The van der Waals surface area contributed by atoms with Gasteiger partial charge in [0.25, 0.3) is 15.9 Å². The number of rotatable bonds is 5. The van der Waals surface area contributed by atoms with E-state index in [1.807, 2.05) is 45.0 Å². The number of carbonyl (C=O) groups is 1. The molecule has 0 aliphatic heterocycles. The molecule has 3 aromatic rings. The molecule has 0 heterocycles. The van der Waals surface area contributed by atoms with Gasteiger partial charge in [-0.1, -0.05) is 24.3 Å². The Labute approximate surface area is 207 Å². The van der Waals surface area contributed by atoms with Gasteiger partial charge in [-0.05, 0) is 109 Å². The Kier molecular flexibility index (Phi) is 7.52. The zero-order valence-corrected chi connectivity index (χ0v) is 21.5. The lowest BCUT2D eigenvalue weighted by Gasteiger charge is -2.14. The van der Waals surface area contributed by atoms with E-state index in [4.69, 9.17) is 12.2 Å². The van der Waals surface area contributed by atoms with Crippen LogP contribution in [0.15, 0.2) is 65.6 Å². The van der Waals surface area contributed by atoms with E-state index in [2.05, 4.69) is 37.9 Å². The van der Waals surface area contributed by atoms with Crippen LogP contribution in [0.25, 0.3) is 0 Å². The number of anilines is 2. The van der Waals surface area contributed by atoms with E-state index in [1.165, 1.54) is 12.1 Å². The van der Waals surface area contributed by atoms with Gasteiger partial charge in [0, 0.05) is 14.8 Å². The number of aryl methyl sites for hydroxylation is 3. The smallest absolute Gasteiger partial charge is 0.261 e. The summed E-state index contributed by atoms with van der Waals surface area (Å²) in [5.74, 6) is -0.322. The minimum atomic E-state index is -3.75. The van der Waals surface area contributed by atoms with Crippen molar-refractivity contribution in [2.24, 2.45) is 0 Å². The molecule has 3 aromatic carbocycles. The molecule has 0 aromatic heterocycles. The van der Waals surface area contributed by atoms with Crippen molar-refractivity contribution in [1.29, 1.82) is 0 Å². The van der Waals surface area contributed by atoms with Crippen molar-refractivity contribution in [3.8, 4) is 0 Å². The van der Waals surface area contributed by atoms with Crippen molar-refractivity contribution < 1.29 is 13.2 Å². The van der Waals surface area contributed by atoms with Gasteiger partial charge < -0.3 is 5.32 Å². The van der Waals surface area contributed by atoms with Crippen molar-refractivity contribution in [1.82, 2.24) is 5.32 Å². The van der Waals surface area contributed by atoms with E-state index >= 15 is 0 Å². The molecule has 9 heteroatoms. The van der Waals surface area contributed by atoms with Crippen LogP contribution in [0, 0.1) is 24.3 Å². The minimum absolute atomic E-state index is 0.120. The molecule has 0 aliphatic carbocycles. The molecule has 0 atom stereocenters. The molecule has 0 radical (unpaired) electrons. The lowest BCUT2D eigenvalue weighted by Crippen LogP contribution is -2.34. The van der Waals surface area contributed by atoms with Crippen molar-refractivity contribution in [2.45, 2.75) is 25.7 Å². The third-order valence-electron chi connectivity index (χ3n) is 4.80. The number of sulfonamides is 1. The van der Waals surface area contributed by atoms with Crippen LogP contribution in [0.4, 0.5) is 11.4 Å². The summed E-state index contributed by atoms with van der Waals surface area (Å²) in [6.45, 7) is 5.67. The third-order valence-corrected chi connectivity index (χ3v) is 7.53. The van der Waals surface area contributed by atoms with Crippen LogP contribution in [0.2, 0.25) is 0 Å². The number of nitrogens with one attached hydrogen (secondary N) is 3. The SMILES string of the molecule is Cc1ccc(C(=O)NC(=S)Nc2ccc(S(=O)(=O)Nc3c(C)cccc3C)cc2)cc1I. The first-order valence-electron chi connectivity index (χ1n) is 9.64. The highest BCUT2D eigenvalue weighted by Gasteiger charge is 2.17. The van der Waals surface area contributed by atoms with E-state index < -0.39 is 10.0 Å². The van der Waals surface area contributed by atoms with Crippen LogP contribution in [0.3, 0.4) is 0 Å². The fourth-order valence-electron chi connectivity index (χ4n) is 2.96. The van der Waals surface area contributed by atoms with Gasteiger partial charge >= 0.3 is 0 Å². The lowest BCUT2D eigenvalue weighted by atomic mass is 10.1. The summed E-state index contributed by atoms with van der Waals surface area (Å²) in [6.07, 6.45) is 0. The zero-order valence-electron chi connectivity index (χ0n) is 17.7. The van der Waals surface area contributed by atoms with Gasteiger partial charge in [0.1, 0.15) is 0 Å². The van der Waals surface area contributed by atoms with Crippen LogP contribution < -0.4 is 15.4 Å². The number of para-hydroxylation sites is 1. The van der Waals surface area contributed by atoms with Gasteiger partial charge in [-0.25, -0.2) is 8.42 Å². The minimum Gasteiger partial charge on any atom is -0.332 e. The summed E-state index contributed by atoms with van der Waals surface area (Å²) in [4.78, 5) is 12.5. The predicted molar refractivity (Wildman–Crippen MR) is 141 cm³/mol. The van der Waals surface area contributed by atoms with Crippen LogP contribution >= 0.6 is 34.8 Å². The Morgan fingerprint density at radius 2 is 1.53 bits per heavy atom. The Morgan fingerprint density at radius 1 is 0.906 bits per heavy atom. The van der Waals surface area contributed by atoms with Crippen molar-refractivity contribution >= 4 is 67.2 Å². The molecule has 0 saturated heterocycles. The Morgan fingerprint density at radius 3 is 2.12 bits per heavy atom. The highest BCUT2D eigenvalue weighted by molar-refractivity contribution is 14.1. The largest absolute Gasteiger partial charge is 0.332 e. The van der Waals surface area contributed by atoms with Crippen molar-refractivity contribution in [3.05, 3.63) is 86.5 Å². The molecule has 0 bridgehead atoms. The first-order chi connectivity index (χ1) is 15.1. The topological polar surface area (TPSA) is 87.3 Å². The molecule has 166 valence electrons. The molecular formula is C23H22IN3O3S2. The summed E-state index contributed by atoms with van der Waals surface area (Å²) in [6, 6.07) is 17.1. The number of thiocarbonyl (C=S) groups is 1. The molecule has 0 aliphatic rings. The van der Waals surface area contributed by atoms with Crippen LogP contribution in [-0.2, 0) is 10.0 Å². The summed E-state index contributed by atoms with van der Waals surface area (Å²) in [7, 11) is -3.75. The Balaban J connectivity index is 1.66. The number of benzene rings is 3. The Bertz CT molecular complexity index is 1270. The van der Waals surface area contributed by atoms with Crippen molar-refractivity contribution in [2.75, 3.05) is 10.0 Å². The quantitative estimate of drug-likeness (QED) is 0.288. The van der Waals surface area contributed by atoms with Gasteiger partial charge in [-0.2, -0.15) is 0 Å². The Hall–Kier alpha value is -2.50. The first kappa shape index (κ1) is 24.1. The number of hydrogen-bond acceptors (Lipinski definition) is 4. The highest BCUT2D eigenvalue weighted by Crippen LogP contribution is 2.24. The average Bonchev–Trinajstić information content (AvgIpc) is 2.73. The fraction of sp³-hybridized carbons (Fsp3) is 0.130. The molecule has 3 rings (SSSR count). The number of amides is 1. The molecule has 0 saturated carbocycles. The maximum absolute atomic E-state index is 12.8. The van der Waals surface area contributed by atoms with Gasteiger partial charge in [-0.3, -0.25) is 14.8 Å². The highest BCUT2D eigenvalue weighted by atomic mass is 127. The predicted octanol–water partition coefficient (Wildman–Crippen LogP) is 5.14. The number of hydrogen-bond donors (Lipinski definition) is 3. The van der Waals surface area contributed by atoms with E-state index in [0.717, 1.165) is 20.3 Å². The van der Waals surface area contributed by atoms with Gasteiger partial charge in [0.05, 0.1) is 10.6 Å². The summed E-state index contributed by atoms with van der Waals surface area (Å²) < 4.78 is 29.2. The molecule has 3 N–H and O–H groups in total. The molecule has 1 amide bonds. The second-order valence-corrected chi connectivity index (χ2v) is 10.5. The lowest BCUT2D eigenvalue weighted by molar-refractivity contribution is 0.0977. The molecule has 32 heavy (non-hydrogen) atoms. The molecule has 0 fully saturated rings. The second-order valence-electron chi connectivity index (χ2n) is 7.27. The monoisotopic (exact) mass is 579 g/mol. The third kappa shape index (κ3) is 5.84. The van der Waals surface area contributed by atoms with Crippen molar-refractivity contribution in [3.63, 3.8) is 0 Å². The van der Waals surface area contributed by atoms with E-state index in [1.54, 1.807) is 24.3 Å². The van der Waals surface area contributed by atoms with Crippen LogP contribution in [0.1, 0.15) is 27.0 Å². The van der Waals surface area contributed by atoms with E-state index in [9.17, 15) is 13.2 Å². The summed E-state index contributed by atoms with van der Waals surface area (Å²) >= 11 is 7.39. The maximum Gasteiger partial charge on any atom is 0.261 e. The van der Waals surface area contributed by atoms with Crippen LogP contribution in [0.5, 0.6) is 0 Å². The first-order valence-corrected chi connectivity index (χ1v) is 12.6. The fourth-order valence-corrected chi connectivity index (χ4v) is 4.89. The normalized spacial score (nSPS) is 11.0. The molecular weight excluding hydrogens is 557 g/mol. The zero-order chi connectivity index (χ0) is 23.5. The summed E-state index contributed by atoms with van der Waals surface area (Å²) in [5, 5.41) is 5.65. The van der Waals surface area contributed by atoms with Gasteiger partial charge in [0.2, 0.25) is 0 Å². The summed E-state index contributed by atoms with van der Waals surface area (Å²) in [5.41, 5.74) is 4.41. The second kappa shape index (κ2) is 9.97. The maximum atomic E-state index is 12.8. The number of carbonyl (C=O) groups excluding carboxylic acids is 1. The van der Waals surface area contributed by atoms with Gasteiger partial charge in [0.15, 0.2) is 5.11 Å². The van der Waals surface area contributed by atoms with E-state index in [-0.39, 0.29) is 15.9 Å². The molecule has 0 spiro atoms. The number of halogens is 1. The standard InChI is InChI=1S/C23H22IN3O3S2/c1-14-7-8-17(13-20(14)24)22(28)26-23(31)25-18-9-11-19(12-10-18)32(29,30)27-21-15(2)5-4-6-16(21)3/h4-13,27H,1-3H3,(H2,25,26,28,31). The van der Waals surface area contributed by atoms with Gasteiger partial charge in [-0.15, -0.1) is 0 Å². The molecule has 0 unspecified atom stereocenters. The van der Waals surface area contributed by atoms with E-state index in [0.29, 0.717) is 16.9 Å². The average molecular weight is 579 g/mol. The molecule has 6 nitrogen and oxygen atoms in total. The van der Waals surface area contributed by atoms with Crippen LogP contribution in [-0.4, -0.2) is 19.4 Å².